The lowest BCUT2D eigenvalue weighted by Crippen LogP contribution is -2.40. The fourth-order valence-electron chi connectivity index (χ4n) is 2.99. The van der Waals surface area contributed by atoms with Crippen molar-refractivity contribution in [1.29, 1.82) is 0 Å². The van der Waals surface area contributed by atoms with Gasteiger partial charge in [-0.15, -0.1) is 0 Å². The van der Waals surface area contributed by atoms with Crippen LogP contribution in [0.4, 0.5) is 0 Å². The van der Waals surface area contributed by atoms with Gasteiger partial charge in [-0.3, -0.25) is 0 Å². The molecule has 0 saturated carbocycles. The van der Waals surface area contributed by atoms with E-state index >= 15 is 0 Å². The highest BCUT2D eigenvalue weighted by Crippen LogP contribution is 2.33. The molecule has 0 spiro atoms. The molecule has 1 fully saturated rings. The molecule has 1 rings (SSSR count). The van der Waals surface area contributed by atoms with E-state index in [1.807, 2.05) is 0 Å². The van der Waals surface area contributed by atoms with E-state index in [0.29, 0.717) is 0 Å². The van der Waals surface area contributed by atoms with Gasteiger partial charge in [-0.25, -0.2) is 0 Å². The quantitative estimate of drug-likeness (QED) is 0.531. The van der Waals surface area contributed by atoms with Gasteiger partial charge in [0.25, 0.3) is 0 Å². The van der Waals surface area contributed by atoms with Gasteiger partial charge < -0.3 is 4.43 Å². The Kier molecular flexibility index (Phi) is 7.45. The van der Waals surface area contributed by atoms with Gasteiger partial charge >= 0.3 is 0 Å². The maximum Gasteiger partial charge on any atom is 0.192 e. The molecule has 1 unspecified atom stereocenters. The highest BCUT2D eigenvalue weighted by Gasteiger charge is 2.34. The molecule has 0 bridgehead atoms. The number of rotatable bonds is 8. The van der Waals surface area contributed by atoms with Gasteiger partial charge in [0.15, 0.2) is 8.32 Å². The summed E-state index contributed by atoms with van der Waals surface area (Å²) in [6.45, 7) is 8.04. The molecule has 1 aliphatic rings. The van der Waals surface area contributed by atoms with Crippen LogP contribution in [0.3, 0.4) is 0 Å². The highest BCUT2D eigenvalue weighted by molar-refractivity contribution is 6.73. The number of hydrogen-bond donors (Lipinski definition) is 0. The van der Waals surface area contributed by atoms with Crippen LogP contribution in [-0.2, 0) is 4.43 Å². The standard InChI is InChI=1S/C15H32OSi/c1-4-7-11-15(5-2)14-16-17(6-3)12-9-8-10-13-17/h15H,4-14H2,1-3H3. The molecule has 1 nitrogen and oxygen atoms in total. The minimum absolute atomic E-state index is 0.827. The van der Waals surface area contributed by atoms with Crippen LogP contribution in [0.1, 0.15) is 65.7 Å². The third-order valence-corrected chi connectivity index (χ3v) is 9.17. The second-order valence-corrected chi connectivity index (χ2v) is 10.2. The van der Waals surface area contributed by atoms with E-state index in [4.69, 9.17) is 4.43 Å². The summed E-state index contributed by atoms with van der Waals surface area (Å²) in [5, 5.41) is 0. The lowest BCUT2D eigenvalue weighted by molar-refractivity contribution is 0.216. The molecule has 1 aliphatic heterocycles. The van der Waals surface area contributed by atoms with Crippen LogP contribution in [0.5, 0.6) is 0 Å². The Morgan fingerprint density at radius 1 is 1.06 bits per heavy atom. The SMILES string of the molecule is CCCCC(CC)CO[Si]1(CC)CCCCC1. The van der Waals surface area contributed by atoms with Crippen LogP contribution >= 0.6 is 0 Å². The van der Waals surface area contributed by atoms with Crippen molar-refractivity contribution in [3.63, 3.8) is 0 Å². The Labute approximate surface area is 109 Å². The topological polar surface area (TPSA) is 9.23 Å². The summed E-state index contributed by atoms with van der Waals surface area (Å²) in [7, 11) is -1.27. The Morgan fingerprint density at radius 2 is 1.76 bits per heavy atom. The molecule has 17 heavy (non-hydrogen) atoms. The maximum atomic E-state index is 6.51. The first-order chi connectivity index (χ1) is 8.26. The summed E-state index contributed by atoms with van der Waals surface area (Å²) in [6.07, 6.45) is 9.70. The molecule has 0 aromatic heterocycles. The molecule has 0 radical (unpaired) electrons. The van der Waals surface area contributed by atoms with E-state index in [9.17, 15) is 0 Å². The average molecular weight is 257 g/mol. The van der Waals surface area contributed by atoms with Crippen molar-refractivity contribution >= 4 is 8.32 Å². The Bertz CT molecular complexity index is 187. The van der Waals surface area contributed by atoms with Crippen LogP contribution < -0.4 is 0 Å². The van der Waals surface area contributed by atoms with Gasteiger partial charge in [-0.2, -0.15) is 0 Å². The third-order valence-electron chi connectivity index (χ3n) is 4.58. The van der Waals surface area contributed by atoms with Crippen molar-refractivity contribution in [2.75, 3.05) is 6.61 Å². The van der Waals surface area contributed by atoms with Gasteiger partial charge in [0.1, 0.15) is 0 Å². The second kappa shape index (κ2) is 8.31. The van der Waals surface area contributed by atoms with Gasteiger partial charge in [-0.1, -0.05) is 59.3 Å². The normalized spacial score (nSPS) is 21.4. The van der Waals surface area contributed by atoms with Crippen LogP contribution in [0, 0.1) is 5.92 Å². The van der Waals surface area contributed by atoms with Gasteiger partial charge in [-0.05, 0) is 30.5 Å². The predicted molar refractivity (Wildman–Crippen MR) is 79.0 cm³/mol. The van der Waals surface area contributed by atoms with Crippen molar-refractivity contribution in [2.45, 2.75) is 83.8 Å². The van der Waals surface area contributed by atoms with E-state index in [-0.39, 0.29) is 0 Å². The van der Waals surface area contributed by atoms with Gasteiger partial charge in [0.2, 0.25) is 0 Å². The van der Waals surface area contributed by atoms with Crippen LogP contribution in [0.2, 0.25) is 18.1 Å². The summed E-state index contributed by atoms with van der Waals surface area (Å²) in [4.78, 5) is 0. The first-order valence-corrected chi connectivity index (χ1v) is 10.4. The van der Waals surface area contributed by atoms with Crippen molar-refractivity contribution in [2.24, 2.45) is 5.92 Å². The van der Waals surface area contributed by atoms with Gasteiger partial charge in [0.05, 0.1) is 0 Å². The molecule has 0 aliphatic carbocycles. The minimum atomic E-state index is -1.27. The second-order valence-electron chi connectivity index (χ2n) is 5.82. The first-order valence-electron chi connectivity index (χ1n) is 7.90. The fourth-order valence-corrected chi connectivity index (χ4v) is 6.82. The monoisotopic (exact) mass is 256 g/mol. The molecule has 2 heteroatoms. The van der Waals surface area contributed by atoms with Crippen molar-refractivity contribution in [3.8, 4) is 0 Å². The predicted octanol–water partition coefficient (Wildman–Crippen LogP) is 5.37. The molecule has 1 heterocycles. The smallest absolute Gasteiger partial charge is 0.192 e. The van der Waals surface area contributed by atoms with Crippen LogP contribution in [0.15, 0.2) is 0 Å². The summed E-state index contributed by atoms with van der Waals surface area (Å²) in [5.41, 5.74) is 0. The Morgan fingerprint density at radius 3 is 2.29 bits per heavy atom. The Balaban J connectivity index is 2.34. The van der Waals surface area contributed by atoms with Crippen molar-refractivity contribution in [3.05, 3.63) is 0 Å². The van der Waals surface area contributed by atoms with E-state index in [2.05, 4.69) is 20.8 Å². The number of hydrogen-bond acceptors (Lipinski definition) is 1. The largest absolute Gasteiger partial charge is 0.417 e. The van der Waals surface area contributed by atoms with Crippen molar-refractivity contribution < 1.29 is 4.43 Å². The van der Waals surface area contributed by atoms with E-state index in [1.54, 1.807) is 0 Å². The van der Waals surface area contributed by atoms with Crippen LogP contribution in [-0.4, -0.2) is 14.9 Å². The molecule has 0 amide bonds. The lowest BCUT2D eigenvalue weighted by atomic mass is 10.0. The summed E-state index contributed by atoms with van der Waals surface area (Å²) in [6, 6.07) is 4.22. The van der Waals surface area contributed by atoms with Gasteiger partial charge in [0, 0.05) is 6.61 Å². The van der Waals surface area contributed by atoms with E-state index in [0.717, 1.165) is 12.5 Å². The summed E-state index contributed by atoms with van der Waals surface area (Å²) >= 11 is 0. The molecular weight excluding hydrogens is 224 g/mol. The summed E-state index contributed by atoms with van der Waals surface area (Å²) in [5.74, 6) is 0.827. The fraction of sp³-hybridized carbons (Fsp3) is 1.00. The summed E-state index contributed by atoms with van der Waals surface area (Å²) < 4.78 is 6.51. The molecular formula is C15H32OSi. The zero-order valence-electron chi connectivity index (χ0n) is 12.3. The molecule has 102 valence electrons. The van der Waals surface area contributed by atoms with E-state index < -0.39 is 8.32 Å². The zero-order chi connectivity index (χ0) is 12.6. The third kappa shape index (κ3) is 5.13. The van der Waals surface area contributed by atoms with E-state index in [1.165, 1.54) is 63.1 Å². The van der Waals surface area contributed by atoms with Crippen molar-refractivity contribution in [1.82, 2.24) is 0 Å². The highest BCUT2D eigenvalue weighted by atomic mass is 28.4. The molecule has 0 aromatic rings. The lowest BCUT2D eigenvalue weighted by Gasteiger charge is -2.35. The maximum absolute atomic E-state index is 6.51. The average Bonchev–Trinajstić information content (AvgIpc) is 2.40. The minimum Gasteiger partial charge on any atom is -0.417 e. The molecule has 1 saturated heterocycles. The molecule has 0 N–H and O–H groups in total. The first kappa shape index (κ1) is 15.2. The van der Waals surface area contributed by atoms with Crippen LogP contribution in [0.25, 0.3) is 0 Å². The number of unbranched alkanes of at least 4 members (excludes halogenated alkanes) is 1. The zero-order valence-corrected chi connectivity index (χ0v) is 13.3. The molecule has 1 atom stereocenters. The molecule has 0 aromatic carbocycles. The Hall–Kier alpha value is 0.177.